The van der Waals surface area contributed by atoms with Crippen molar-refractivity contribution in [2.24, 2.45) is 0 Å². The molecule has 6 nitrogen and oxygen atoms in total. The number of carbonyl (C=O) groups is 2. The maximum absolute atomic E-state index is 12.5. The number of alkyl halides is 3. The molecule has 0 unspecified atom stereocenters. The van der Waals surface area contributed by atoms with Crippen LogP contribution in [0.25, 0.3) is 0 Å². The molecule has 2 amide bonds. The molecule has 1 aliphatic rings. The van der Waals surface area contributed by atoms with Crippen LogP contribution >= 0.6 is 0 Å². The topological polar surface area (TPSA) is 71.8 Å². The predicted octanol–water partition coefficient (Wildman–Crippen LogP) is 4.63. The summed E-state index contributed by atoms with van der Waals surface area (Å²) >= 11 is 0. The Labute approximate surface area is 175 Å². The summed E-state index contributed by atoms with van der Waals surface area (Å²) in [5.74, 6) is -0.811. The minimum Gasteiger partial charge on any atom is -0.459 e. The lowest BCUT2D eigenvalue weighted by molar-refractivity contribution is -0.274. The summed E-state index contributed by atoms with van der Waals surface area (Å²) in [4.78, 5) is 26.6. The quantitative estimate of drug-likeness (QED) is 0.655. The average Bonchev–Trinajstić information content (AvgIpc) is 3.27. The van der Waals surface area contributed by atoms with Gasteiger partial charge in [-0.15, -0.1) is 13.2 Å². The molecule has 1 N–H and O–H groups in total. The Kier molecular flexibility index (Phi) is 5.41. The number of ether oxygens (including phenoxy) is 1. The summed E-state index contributed by atoms with van der Waals surface area (Å²) in [5.41, 5.74) is 2.68. The molecule has 4 rings (SSSR count). The first-order valence-electron chi connectivity index (χ1n) is 9.40. The van der Waals surface area contributed by atoms with Crippen LogP contribution in [0.15, 0.2) is 65.3 Å². The molecule has 2 heterocycles. The lowest BCUT2D eigenvalue weighted by Crippen LogP contribution is -2.35. The van der Waals surface area contributed by atoms with Gasteiger partial charge >= 0.3 is 6.36 Å². The average molecular weight is 430 g/mol. The second-order valence-corrected chi connectivity index (χ2v) is 6.96. The SMILES string of the molecule is O=C(Nc1ccc2c(c1)CN(C(=O)c1ccco1)CC2)c1ccc(OC(F)(F)F)cc1. The largest absolute Gasteiger partial charge is 0.573 e. The third kappa shape index (κ3) is 4.88. The van der Waals surface area contributed by atoms with E-state index in [0.717, 1.165) is 23.3 Å². The van der Waals surface area contributed by atoms with E-state index in [4.69, 9.17) is 4.42 Å². The molecular formula is C22H17F3N2O4. The van der Waals surface area contributed by atoms with Crippen molar-refractivity contribution in [1.29, 1.82) is 0 Å². The minimum atomic E-state index is -4.79. The van der Waals surface area contributed by atoms with Crippen LogP contribution in [0.3, 0.4) is 0 Å². The minimum absolute atomic E-state index is 0.182. The second-order valence-electron chi connectivity index (χ2n) is 6.96. The predicted molar refractivity (Wildman–Crippen MR) is 105 cm³/mol. The summed E-state index contributed by atoms with van der Waals surface area (Å²) in [6.45, 7) is 0.937. The molecule has 160 valence electrons. The lowest BCUT2D eigenvalue weighted by Gasteiger charge is -2.28. The number of nitrogens with zero attached hydrogens (tertiary/aromatic N) is 1. The Balaban J connectivity index is 1.44. The van der Waals surface area contributed by atoms with Gasteiger partial charge in [-0.25, -0.2) is 0 Å². The standard InChI is InChI=1S/C22H17F3N2O4/c23-22(24,25)31-18-7-4-15(5-8-18)20(28)26-17-6-3-14-9-10-27(13-16(14)12-17)21(29)19-2-1-11-30-19/h1-8,11-12H,9-10,13H2,(H,26,28). The van der Waals surface area contributed by atoms with Gasteiger partial charge in [-0.05, 0) is 66.1 Å². The first-order valence-corrected chi connectivity index (χ1v) is 9.40. The van der Waals surface area contributed by atoms with Gasteiger partial charge in [0.05, 0.1) is 6.26 Å². The fourth-order valence-corrected chi connectivity index (χ4v) is 3.38. The van der Waals surface area contributed by atoms with E-state index >= 15 is 0 Å². The molecule has 0 saturated carbocycles. The maximum atomic E-state index is 12.5. The monoisotopic (exact) mass is 430 g/mol. The van der Waals surface area contributed by atoms with Gasteiger partial charge < -0.3 is 19.4 Å². The zero-order valence-electron chi connectivity index (χ0n) is 16.1. The summed E-state index contributed by atoms with van der Waals surface area (Å²) < 4.78 is 45.7. The van der Waals surface area contributed by atoms with Crippen LogP contribution in [0, 0.1) is 0 Å². The number of fused-ring (bicyclic) bond motifs is 1. The lowest BCUT2D eigenvalue weighted by atomic mass is 9.98. The van der Waals surface area contributed by atoms with Crippen LogP contribution in [0.5, 0.6) is 5.75 Å². The molecule has 1 aromatic heterocycles. The molecule has 0 radical (unpaired) electrons. The van der Waals surface area contributed by atoms with Crippen LogP contribution in [0.1, 0.15) is 32.0 Å². The van der Waals surface area contributed by atoms with E-state index in [1.165, 1.54) is 18.4 Å². The molecule has 0 spiro atoms. The number of anilines is 1. The number of furan rings is 1. The van der Waals surface area contributed by atoms with Crippen molar-refractivity contribution in [2.75, 3.05) is 11.9 Å². The molecule has 1 aliphatic heterocycles. The zero-order chi connectivity index (χ0) is 22.0. The van der Waals surface area contributed by atoms with Gasteiger partial charge in [-0.1, -0.05) is 6.07 Å². The van der Waals surface area contributed by atoms with Crippen molar-refractivity contribution in [3.63, 3.8) is 0 Å². The van der Waals surface area contributed by atoms with Crippen LogP contribution in [0.2, 0.25) is 0 Å². The Morgan fingerprint density at radius 3 is 2.48 bits per heavy atom. The number of hydrogen-bond donors (Lipinski definition) is 1. The molecule has 0 fully saturated rings. The highest BCUT2D eigenvalue weighted by Gasteiger charge is 2.31. The van der Waals surface area contributed by atoms with E-state index in [1.54, 1.807) is 29.2 Å². The van der Waals surface area contributed by atoms with E-state index in [9.17, 15) is 22.8 Å². The van der Waals surface area contributed by atoms with Crippen molar-refractivity contribution in [1.82, 2.24) is 4.90 Å². The number of carbonyl (C=O) groups excluding carboxylic acids is 2. The van der Waals surface area contributed by atoms with Crippen LogP contribution in [-0.2, 0) is 13.0 Å². The van der Waals surface area contributed by atoms with Gasteiger partial charge in [0, 0.05) is 24.3 Å². The Morgan fingerprint density at radius 1 is 1.03 bits per heavy atom. The summed E-state index contributed by atoms with van der Waals surface area (Å²) in [5, 5.41) is 2.72. The third-order valence-electron chi connectivity index (χ3n) is 4.85. The first kappa shape index (κ1) is 20.5. The van der Waals surface area contributed by atoms with Gasteiger partial charge in [0.1, 0.15) is 5.75 Å². The molecule has 0 bridgehead atoms. The van der Waals surface area contributed by atoms with Gasteiger partial charge in [0.15, 0.2) is 5.76 Å². The highest BCUT2D eigenvalue weighted by atomic mass is 19.4. The Hall–Kier alpha value is -3.75. The van der Waals surface area contributed by atoms with E-state index < -0.39 is 18.0 Å². The number of halogens is 3. The fourth-order valence-electron chi connectivity index (χ4n) is 3.38. The Bertz CT molecular complexity index is 1090. The van der Waals surface area contributed by atoms with E-state index in [0.29, 0.717) is 25.2 Å². The molecular weight excluding hydrogens is 413 g/mol. The van der Waals surface area contributed by atoms with Crippen molar-refractivity contribution >= 4 is 17.5 Å². The molecule has 0 saturated heterocycles. The highest BCUT2D eigenvalue weighted by Crippen LogP contribution is 2.25. The molecule has 0 aliphatic carbocycles. The van der Waals surface area contributed by atoms with Crippen LogP contribution in [0.4, 0.5) is 18.9 Å². The van der Waals surface area contributed by atoms with Crippen molar-refractivity contribution in [3.05, 3.63) is 83.3 Å². The molecule has 3 aromatic rings. The molecule has 31 heavy (non-hydrogen) atoms. The smallest absolute Gasteiger partial charge is 0.459 e. The van der Waals surface area contributed by atoms with Crippen molar-refractivity contribution in [2.45, 2.75) is 19.3 Å². The second kappa shape index (κ2) is 8.17. The highest BCUT2D eigenvalue weighted by molar-refractivity contribution is 6.04. The number of rotatable bonds is 4. The molecule has 2 aromatic carbocycles. The third-order valence-corrected chi connectivity index (χ3v) is 4.85. The van der Waals surface area contributed by atoms with Crippen molar-refractivity contribution in [3.8, 4) is 5.75 Å². The molecule has 0 atom stereocenters. The maximum Gasteiger partial charge on any atom is 0.573 e. The van der Waals surface area contributed by atoms with Crippen LogP contribution < -0.4 is 10.1 Å². The van der Waals surface area contributed by atoms with Gasteiger partial charge in [-0.3, -0.25) is 9.59 Å². The number of nitrogens with one attached hydrogen (secondary N) is 1. The van der Waals surface area contributed by atoms with Crippen LogP contribution in [-0.4, -0.2) is 29.6 Å². The number of hydrogen-bond acceptors (Lipinski definition) is 4. The van der Waals surface area contributed by atoms with Crippen molar-refractivity contribution < 1.29 is 31.9 Å². The zero-order valence-corrected chi connectivity index (χ0v) is 16.1. The van der Waals surface area contributed by atoms with Gasteiger partial charge in [0.25, 0.3) is 11.8 Å². The normalized spacial score (nSPS) is 13.5. The van der Waals surface area contributed by atoms with E-state index in [1.807, 2.05) is 6.07 Å². The summed E-state index contributed by atoms with van der Waals surface area (Å²) in [6, 6.07) is 13.3. The van der Waals surface area contributed by atoms with E-state index in [2.05, 4.69) is 10.1 Å². The number of benzene rings is 2. The van der Waals surface area contributed by atoms with E-state index in [-0.39, 0.29) is 17.2 Å². The van der Waals surface area contributed by atoms with Gasteiger partial charge in [0.2, 0.25) is 0 Å². The Morgan fingerprint density at radius 2 is 1.81 bits per heavy atom. The number of amides is 2. The summed E-state index contributed by atoms with van der Waals surface area (Å²) in [7, 11) is 0. The first-order chi connectivity index (χ1) is 14.8. The fraction of sp³-hybridized carbons (Fsp3) is 0.182. The molecule has 9 heteroatoms. The summed E-state index contributed by atoms with van der Waals surface area (Å²) in [6.07, 6.45) is -2.67. The van der Waals surface area contributed by atoms with Gasteiger partial charge in [-0.2, -0.15) is 0 Å².